The molecule has 1 amide bonds. The second kappa shape index (κ2) is 8.85. The number of amides is 1. The standard InChI is InChI=1S/C22H23N3O2/c1-3-21(18-10-12-20(27-2)13-11-18)24-22(26)14-9-17-15-23-25(16-17)19-7-5-4-6-8-19/h4-16,21H,3H2,1-2H3,(H,24,26)/b14-9+. The van der Waals surface area contributed by atoms with Crippen molar-refractivity contribution in [2.75, 3.05) is 7.11 Å². The Labute approximate surface area is 159 Å². The van der Waals surface area contributed by atoms with E-state index in [9.17, 15) is 4.79 Å². The van der Waals surface area contributed by atoms with Crippen molar-refractivity contribution < 1.29 is 9.53 Å². The number of rotatable bonds is 7. The first-order valence-electron chi connectivity index (χ1n) is 8.92. The number of para-hydroxylation sites is 1. The fraction of sp³-hybridized carbons (Fsp3) is 0.182. The molecule has 5 nitrogen and oxygen atoms in total. The van der Waals surface area contributed by atoms with Crippen LogP contribution in [-0.2, 0) is 4.79 Å². The van der Waals surface area contributed by atoms with E-state index >= 15 is 0 Å². The molecule has 0 aliphatic heterocycles. The molecule has 0 fully saturated rings. The topological polar surface area (TPSA) is 56.2 Å². The average molecular weight is 361 g/mol. The summed E-state index contributed by atoms with van der Waals surface area (Å²) in [4.78, 5) is 12.3. The molecule has 138 valence electrons. The molecule has 2 aromatic carbocycles. The minimum Gasteiger partial charge on any atom is -0.497 e. The van der Waals surface area contributed by atoms with Gasteiger partial charge in [0, 0.05) is 17.8 Å². The van der Waals surface area contributed by atoms with Crippen molar-refractivity contribution in [2.45, 2.75) is 19.4 Å². The number of methoxy groups -OCH3 is 1. The van der Waals surface area contributed by atoms with Gasteiger partial charge in [-0.25, -0.2) is 4.68 Å². The molecule has 27 heavy (non-hydrogen) atoms. The summed E-state index contributed by atoms with van der Waals surface area (Å²) in [5, 5.41) is 7.36. The first-order valence-corrected chi connectivity index (χ1v) is 8.92. The number of nitrogens with zero attached hydrogens (tertiary/aromatic N) is 2. The zero-order valence-corrected chi connectivity index (χ0v) is 15.5. The maximum atomic E-state index is 12.3. The van der Waals surface area contributed by atoms with Gasteiger partial charge in [0.15, 0.2) is 0 Å². The molecule has 0 spiro atoms. The van der Waals surface area contributed by atoms with Crippen LogP contribution in [0.25, 0.3) is 11.8 Å². The van der Waals surface area contributed by atoms with Crippen LogP contribution < -0.4 is 10.1 Å². The summed E-state index contributed by atoms with van der Waals surface area (Å²) in [6, 6.07) is 17.6. The summed E-state index contributed by atoms with van der Waals surface area (Å²) in [6.45, 7) is 2.04. The maximum absolute atomic E-state index is 12.3. The summed E-state index contributed by atoms with van der Waals surface area (Å²) in [5.74, 6) is 0.667. The second-order valence-corrected chi connectivity index (χ2v) is 6.13. The van der Waals surface area contributed by atoms with E-state index in [0.29, 0.717) is 0 Å². The fourth-order valence-corrected chi connectivity index (χ4v) is 2.79. The molecule has 1 N–H and O–H groups in total. The highest BCUT2D eigenvalue weighted by atomic mass is 16.5. The number of hydrogen-bond acceptors (Lipinski definition) is 3. The summed E-state index contributed by atoms with van der Waals surface area (Å²) in [5.41, 5.74) is 2.90. The lowest BCUT2D eigenvalue weighted by molar-refractivity contribution is -0.117. The van der Waals surface area contributed by atoms with E-state index in [1.165, 1.54) is 0 Å². The Morgan fingerprint density at radius 3 is 2.59 bits per heavy atom. The van der Waals surface area contributed by atoms with Crippen molar-refractivity contribution in [3.8, 4) is 11.4 Å². The van der Waals surface area contributed by atoms with Gasteiger partial charge in [-0.15, -0.1) is 0 Å². The van der Waals surface area contributed by atoms with Gasteiger partial charge in [0.2, 0.25) is 5.91 Å². The smallest absolute Gasteiger partial charge is 0.244 e. The third-order valence-electron chi connectivity index (χ3n) is 4.29. The van der Waals surface area contributed by atoms with Gasteiger partial charge in [0.1, 0.15) is 5.75 Å². The highest BCUT2D eigenvalue weighted by molar-refractivity contribution is 5.91. The Balaban J connectivity index is 1.63. The van der Waals surface area contributed by atoms with E-state index in [1.807, 2.05) is 67.7 Å². The van der Waals surface area contributed by atoms with Gasteiger partial charge in [0.05, 0.1) is 25.0 Å². The molecular formula is C22H23N3O2. The van der Waals surface area contributed by atoms with Gasteiger partial charge in [-0.3, -0.25) is 4.79 Å². The highest BCUT2D eigenvalue weighted by Gasteiger charge is 2.11. The van der Waals surface area contributed by atoms with Crippen LogP contribution in [0.2, 0.25) is 0 Å². The zero-order valence-electron chi connectivity index (χ0n) is 15.5. The largest absolute Gasteiger partial charge is 0.497 e. The van der Waals surface area contributed by atoms with E-state index in [2.05, 4.69) is 10.4 Å². The van der Waals surface area contributed by atoms with Gasteiger partial charge in [-0.1, -0.05) is 37.3 Å². The van der Waals surface area contributed by atoms with Crippen LogP contribution in [0.15, 0.2) is 73.1 Å². The third kappa shape index (κ3) is 4.85. The van der Waals surface area contributed by atoms with Crippen LogP contribution in [0, 0.1) is 0 Å². The second-order valence-electron chi connectivity index (χ2n) is 6.13. The molecule has 1 aromatic heterocycles. The number of carbonyl (C=O) groups is 1. The lowest BCUT2D eigenvalue weighted by atomic mass is 10.0. The van der Waals surface area contributed by atoms with Crippen molar-refractivity contribution in [1.29, 1.82) is 0 Å². The predicted octanol–water partition coefficient (Wildman–Crippen LogP) is 4.16. The Kier molecular flexibility index (Phi) is 6.05. The molecule has 5 heteroatoms. The van der Waals surface area contributed by atoms with Gasteiger partial charge in [-0.2, -0.15) is 5.10 Å². The van der Waals surface area contributed by atoms with E-state index in [4.69, 9.17) is 4.74 Å². The molecule has 1 heterocycles. The Hall–Kier alpha value is -3.34. The van der Waals surface area contributed by atoms with Crippen LogP contribution >= 0.6 is 0 Å². The van der Waals surface area contributed by atoms with Gasteiger partial charge >= 0.3 is 0 Å². The zero-order chi connectivity index (χ0) is 19.1. The Morgan fingerprint density at radius 1 is 1.19 bits per heavy atom. The molecule has 0 saturated heterocycles. The minimum atomic E-state index is -0.134. The monoisotopic (exact) mass is 361 g/mol. The van der Waals surface area contributed by atoms with Crippen LogP contribution in [0.1, 0.15) is 30.5 Å². The molecule has 0 radical (unpaired) electrons. The number of hydrogen-bond donors (Lipinski definition) is 1. The van der Waals surface area contributed by atoms with Crippen molar-refractivity contribution in [3.05, 3.63) is 84.2 Å². The molecule has 0 aliphatic carbocycles. The molecule has 0 saturated carbocycles. The molecule has 1 unspecified atom stereocenters. The quantitative estimate of drug-likeness (QED) is 0.643. The van der Waals surface area contributed by atoms with Crippen molar-refractivity contribution in [1.82, 2.24) is 15.1 Å². The maximum Gasteiger partial charge on any atom is 0.244 e. The van der Waals surface area contributed by atoms with Crippen molar-refractivity contribution in [3.63, 3.8) is 0 Å². The first-order chi connectivity index (χ1) is 13.2. The van der Waals surface area contributed by atoms with Crippen LogP contribution in [0.5, 0.6) is 5.75 Å². The molecule has 3 rings (SSSR count). The number of benzene rings is 2. The van der Waals surface area contributed by atoms with Gasteiger partial charge in [0.25, 0.3) is 0 Å². The number of carbonyl (C=O) groups excluding carboxylic acids is 1. The fourth-order valence-electron chi connectivity index (χ4n) is 2.79. The van der Waals surface area contributed by atoms with Crippen LogP contribution in [-0.4, -0.2) is 22.8 Å². The number of nitrogens with one attached hydrogen (secondary N) is 1. The van der Waals surface area contributed by atoms with Gasteiger partial charge in [-0.05, 0) is 42.3 Å². The molecule has 3 aromatic rings. The average Bonchev–Trinajstić information content (AvgIpc) is 3.20. The van der Waals surface area contributed by atoms with Crippen LogP contribution in [0.3, 0.4) is 0 Å². The normalized spacial score (nSPS) is 12.1. The van der Waals surface area contributed by atoms with Gasteiger partial charge < -0.3 is 10.1 Å². The Bertz CT molecular complexity index is 899. The SMILES string of the molecule is CCC(NC(=O)/C=C/c1cnn(-c2ccccc2)c1)c1ccc(OC)cc1. The lowest BCUT2D eigenvalue weighted by Gasteiger charge is -2.16. The Morgan fingerprint density at radius 2 is 1.93 bits per heavy atom. The summed E-state index contributed by atoms with van der Waals surface area (Å²) in [6.07, 6.45) is 7.73. The summed E-state index contributed by atoms with van der Waals surface area (Å²) in [7, 11) is 1.64. The molecule has 1 atom stereocenters. The van der Waals surface area contributed by atoms with E-state index in [1.54, 1.807) is 30.1 Å². The highest BCUT2D eigenvalue weighted by Crippen LogP contribution is 2.20. The predicted molar refractivity (Wildman–Crippen MR) is 107 cm³/mol. The third-order valence-corrected chi connectivity index (χ3v) is 4.29. The molecular weight excluding hydrogens is 338 g/mol. The minimum absolute atomic E-state index is 0.0416. The molecule has 0 bridgehead atoms. The summed E-state index contributed by atoms with van der Waals surface area (Å²) < 4.78 is 6.96. The van der Waals surface area contributed by atoms with Crippen LogP contribution in [0.4, 0.5) is 0 Å². The summed E-state index contributed by atoms with van der Waals surface area (Å²) >= 11 is 0. The first kappa shape index (κ1) is 18.5. The van der Waals surface area contributed by atoms with Crippen molar-refractivity contribution >= 4 is 12.0 Å². The number of aromatic nitrogens is 2. The van der Waals surface area contributed by atoms with E-state index in [0.717, 1.165) is 29.0 Å². The van der Waals surface area contributed by atoms with E-state index < -0.39 is 0 Å². The lowest BCUT2D eigenvalue weighted by Crippen LogP contribution is -2.26. The molecule has 0 aliphatic rings. The number of ether oxygens (including phenoxy) is 1. The van der Waals surface area contributed by atoms with E-state index in [-0.39, 0.29) is 11.9 Å². The van der Waals surface area contributed by atoms with Crippen molar-refractivity contribution in [2.24, 2.45) is 0 Å².